The standard InChI is InChI=1S/C14H14N2O/c1-9-5-13-12(11(7-15)8-16)3-4-17-14(13)6-10(9)2/h5-6,11-12H,3-4H2,1-2H3. The second-order valence-corrected chi connectivity index (χ2v) is 4.45. The maximum absolute atomic E-state index is 9.01. The molecule has 17 heavy (non-hydrogen) atoms. The number of fused-ring (bicyclic) bond motifs is 1. The van der Waals surface area contributed by atoms with E-state index < -0.39 is 5.92 Å². The van der Waals surface area contributed by atoms with Gasteiger partial charge >= 0.3 is 0 Å². The summed E-state index contributed by atoms with van der Waals surface area (Å²) in [6, 6.07) is 8.21. The number of benzene rings is 1. The van der Waals surface area contributed by atoms with Gasteiger partial charge in [-0.05, 0) is 43.0 Å². The van der Waals surface area contributed by atoms with Crippen LogP contribution >= 0.6 is 0 Å². The topological polar surface area (TPSA) is 56.8 Å². The molecule has 3 nitrogen and oxygen atoms in total. The molecule has 1 unspecified atom stereocenters. The molecule has 0 saturated carbocycles. The molecule has 0 N–H and O–H groups in total. The number of ether oxygens (including phenoxy) is 1. The lowest BCUT2D eigenvalue weighted by atomic mass is 9.82. The van der Waals surface area contributed by atoms with E-state index in [2.05, 4.69) is 18.2 Å². The fraction of sp³-hybridized carbons (Fsp3) is 0.429. The van der Waals surface area contributed by atoms with Gasteiger partial charge in [-0.15, -0.1) is 0 Å². The molecule has 86 valence electrons. The van der Waals surface area contributed by atoms with Crippen LogP contribution in [0.25, 0.3) is 0 Å². The Hall–Kier alpha value is -2.00. The summed E-state index contributed by atoms with van der Waals surface area (Å²) in [4.78, 5) is 0. The second-order valence-electron chi connectivity index (χ2n) is 4.45. The Balaban J connectivity index is 2.48. The molecule has 1 aromatic rings. The van der Waals surface area contributed by atoms with Crippen LogP contribution in [0.3, 0.4) is 0 Å². The normalized spacial score (nSPS) is 17.8. The molecule has 0 spiro atoms. The molecule has 0 aromatic heterocycles. The van der Waals surface area contributed by atoms with Crippen LogP contribution in [0, 0.1) is 42.4 Å². The molecule has 1 heterocycles. The first-order valence-corrected chi connectivity index (χ1v) is 5.70. The Labute approximate surface area is 101 Å². The summed E-state index contributed by atoms with van der Waals surface area (Å²) < 4.78 is 5.61. The zero-order valence-electron chi connectivity index (χ0n) is 10.0. The third-order valence-corrected chi connectivity index (χ3v) is 3.39. The Morgan fingerprint density at radius 3 is 2.53 bits per heavy atom. The first-order chi connectivity index (χ1) is 8.17. The van der Waals surface area contributed by atoms with Gasteiger partial charge in [-0.3, -0.25) is 0 Å². The number of aryl methyl sites for hydroxylation is 2. The Kier molecular flexibility index (Phi) is 3.02. The lowest BCUT2D eigenvalue weighted by Crippen LogP contribution is -2.20. The van der Waals surface area contributed by atoms with Crippen LogP contribution in [0.5, 0.6) is 5.75 Å². The van der Waals surface area contributed by atoms with E-state index in [1.807, 2.05) is 19.9 Å². The zero-order valence-corrected chi connectivity index (χ0v) is 10.0. The summed E-state index contributed by atoms with van der Waals surface area (Å²) in [6.45, 7) is 4.66. The Bertz CT molecular complexity index is 508. The quantitative estimate of drug-likeness (QED) is 0.739. The summed E-state index contributed by atoms with van der Waals surface area (Å²) >= 11 is 0. The van der Waals surface area contributed by atoms with Gasteiger partial charge in [-0.2, -0.15) is 10.5 Å². The smallest absolute Gasteiger partial charge is 0.140 e. The molecule has 2 rings (SSSR count). The van der Waals surface area contributed by atoms with Crippen molar-refractivity contribution in [3.05, 3.63) is 28.8 Å². The van der Waals surface area contributed by atoms with E-state index in [4.69, 9.17) is 15.3 Å². The highest BCUT2D eigenvalue weighted by Gasteiger charge is 2.29. The molecule has 0 bridgehead atoms. The van der Waals surface area contributed by atoms with E-state index in [0.717, 1.165) is 17.7 Å². The van der Waals surface area contributed by atoms with Gasteiger partial charge in [0.1, 0.15) is 11.7 Å². The number of rotatable bonds is 1. The molecule has 0 aliphatic carbocycles. The molecule has 0 radical (unpaired) electrons. The third-order valence-electron chi connectivity index (χ3n) is 3.39. The lowest BCUT2D eigenvalue weighted by molar-refractivity contribution is 0.259. The van der Waals surface area contributed by atoms with E-state index in [0.29, 0.717) is 6.61 Å². The average Bonchev–Trinajstić information content (AvgIpc) is 2.33. The van der Waals surface area contributed by atoms with Crippen molar-refractivity contribution in [1.82, 2.24) is 0 Å². The van der Waals surface area contributed by atoms with Gasteiger partial charge in [0.2, 0.25) is 0 Å². The van der Waals surface area contributed by atoms with Crippen molar-refractivity contribution in [3.8, 4) is 17.9 Å². The van der Waals surface area contributed by atoms with Crippen LogP contribution in [0.15, 0.2) is 12.1 Å². The average molecular weight is 226 g/mol. The summed E-state index contributed by atoms with van der Waals surface area (Å²) in [5.74, 6) is 0.229. The van der Waals surface area contributed by atoms with Crippen LogP contribution in [0.4, 0.5) is 0 Å². The van der Waals surface area contributed by atoms with Crippen molar-refractivity contribution in [2.75, 3.05) is 6.61 Å². The van der Waals surface area contributed by atoms with Gasteiger partial charge in [-0.25, -0.2) is 0 Å². The molecule has 0 amide bonds. The van der Waals surface area contributed by atoms with Gasteiger partial charge in [0.25, 0.3) is 0 Å². The first-order valence-electron chi connectivity index (χ1n) is 5.70. The molecule has 1 aliphatic rings. The van der Waals surface area contributed by atoms with Crippen molar-refractivity contribution in [1.29, 1.82) is 10.5 Å². The van der Waals surface area contributed by atoms with Gasteiger partial charge in [0.05, 0.1) is 18.7 Å². The Morgan fingerprint density at radius 2 is 1.88 bits per heavy atom. The monoisotopic (exact) mass is 226 g/mol. The molecule has 0 saturated heterocycles. The van der Waals surface area contributed by atoms with E-state index in [1.54, 1.807) is 0 Å². The first kappa shape index (κ1) is 11.5. The molecular formula is C14H14N2O. The number of nitriles is 2. The highest BCUT2D eigenvalue weighted by Crippen LogP contribution is 2.39. The molecule has 1 atom stereocenters. The minimum absolute atomic E-state index is 0.0203. The van der Waals surface area contributed by atoms with Crippen molar-refractivity contribution in [2.45, 2.75) is 26.2 Å². The largest absolute Gasteiger partial charge is 0.493 e. The summed E-state index contributed by atoms with van der Waals surface area (Å²) in [6.07, 6.45) is 0.737. The van der Waals surface area contributed by atoms with Crippen LogP contribution in [-0.4, -0.2) is 6.61 Å². The molecule has 1 aromatic carbocycles. The van der Waals surface area contributed by atoms with Crippen molar-refractivity contribution >= 4 is 0 Å². The van der Waals surface area contributed by atoms with E-state index in [1.165, 1.54) is 11.1 Å². The van der Waals surface area contributed by atoms with Crippen LogP contribution in [-0.2, 0) is 0 Å². The van der Waals surface area contributed by atoms with E-state index in [9.17, 15) is 0 Å². The summed E-state index contributed by atoms with van der Waals surface area (Å²) in [5.41, 5.74) is 3.36. The number of nitrogens with zero attached hydrogens (tertiary/aromatic N) is 2. The Morgan fingerprint density at radius 1 is 1.24 bits per heavy atom. The maximum atomic E-state index is 9.01. The van der Waals surface area contributed by atoms with Gasteiger partial charge < -0.3 is 4.74 Å². The van der Waals surface area contributed by atoms with Gasteiger partial charge in [0, 0.05) is 5.92 Å². The third kappa shape index (κ3) is 1.97. The zero-order chi connectivity index (χ0) is 12.4. The van der Waals surface area contributed by atoms with Crippen molar-refractivity contribution < 1.29 is 4.74 Å². The van der Waals surface area contributed by atoms with E-state index >= 15 is 0 Å². The highest BCUT2D eigenvalue weighted by atomic mass is 16.5. The second kappa shape index (κ2) is 4.47. The lowest BCUT2D eigenvalue weighted by Gasteiger charge is -2.27. The van der Waals surface area contributed by atoms with Gasteiger partial charge in [0.15, 0.2) is 0 Å². The van der Waals surface area contributed by atoms with Gasteiger partial charge in [-0.1, -0.05) is 6.07 Å². The minimum atomic E-state index is -0.584. The fourth-order valence-corrected chi connectivity index (χ4v) is 2.23. The highest BCUT2D eigenvalue weighted by molar-refractivity contribution is 5.46. The number of hydrogen-bond acceptors (Lipinski definition) is 3. The fourth-order valence-electron chi connectivity index (χ4n) is 2.23. The van der Waals surface area contributed by atoms with Crippen LogP contribution < -0.4 is 4.74 Å². The van der Waals surface area contributed by atoms with Crippen molar-refractivity contribution in [3.63, 3.8) is 0 Å². The minimum Gasteiger partial charge on any atom is -0.493 e. The molecule has 1 aliphatic heterocycles. The molecular weight excluding hydrogens is 212 g/mol. The summed E-state index contributed by atoms with van der Waals surface area (Å²) in [5, 5.41) is 18.0. The van der Waals surface area contributed by atoms with Crippen LogP contribution in [0.1, 0.15) is 29.0 Å². The summed E-state index contributed by atoms with van der Waals surface area (Å²) in [7, 11) is 0. The molecule has 0 fully saturated rings. The predicted octanol–water partition coefficient (Wildman–Crippen LogP) is 2.83. The predicted molar refractivity (Wildman–Crippen MR) is 63.5 cm³/mol. The molecule has 3 heteroatoms. The van der Waals surface area contributed by atoms with Crippen LogP contribution in [0.2, 0.25) is 0 Å². The SMILES string of the molecule is Cc1cc2c(cc1C)C(C(C#N)C#N)CCO2. The number of hydrogen-bond donors (Lipinski definition) is 0. The van der Waals surface area contributed by atoms with E-state index in [-0.39, 0.29) is 5.92 Å². The van der Waals surface area contributed by atoms with Crippen molar-refractivity contribution in [2.24, 2.45) is 5.92 Å². The maximum Gasteiger partial charge on any atom is 0.140 e.